The van der Waals surface area contributed by atoms with E-state index in [4.69, 9.17) is 27.9 Å². The molecule has 0 radical (unpaired) electrons. The van der Waals surface area contributed by atoms with Gasteiger partial charge in [0.05, 0.1) is 22.2 Å². The number of ether oxygens (including phenoxy) is 1. The lowest BCUT2D eigenvalue weighted by molar-refractivity contribution is -0.151. The highest BCUT2D eigenvalue weighted by molar-refractivity contribution is 9.69. The molecule has 2 atom stereocenters. The van der Waals surface area contributed by atoms with Gasteiger partial charge >= 0.3 is 15.5 Å². The van der Waals surface area contributed by atoms with Crippen molar-refractivity contribution < 1.29 is 53.0 Å². The molecule has 0 aliphatic carbocycles. The number of hydrogen-bond donors (Lipinski definition) is 5. The lowest BCUT2D eigenvalue weighted by Gasteiger charge is -2.23. The monoisotopic (exact) mass is 1200 g/mol. The van der Waals surface area contributed by atoms with E-state index >= 15 is 0 Å². The summed E-state index contributed by atoms with van der Waals surface area (Å²) in [5.41, 5.74) is 5.00. The zero-order valence-corrected chi connectivity index (χ0v) is 44.1. The van der Waals surface area contributed by atoms with E-state index in [1.807, 2.05) is 9.44 Å². The van der Waals surface area contributed by atoms with Crippen LogP contribution >= 0.6 is 70.5 Å². The number of fused-ring (bicyclic) bond motifs is 2. The second-order valence-electron chi connectivity index (χ2n) is 14.9. The van der Waals surface area contributed by atoms with E-state index in [0.29, 0.717) is 55.4 Å². The first-order chi connectivity index (χ1) is 30.4. The van der Waals surface area contributed by atoms with Gasteiger partial charge in [0.15, 0.2) is 0 Å². The first-order valence-electron chi connectivity index (χ1n) is 19.3. The summed E-state index contributed by atoms with van der Waals surface area (Å²) in [6, 6.07) is 11.2. The summed E-state index contributed by atoms with van der Waals surface area (Å²) in [7, 11) is -7.35. The minimum atomic E-state index is -4.81. The number of H-pyrrole nitrogens is 2. The Kier molecular flexibility index (Phi) is 20.9. The zero-order valence-electron chi connectivity index (χ0n) is 36.2. The summed E-state index contributed by atoms with van der Waals surface area (Å²) in [6.45, 7) is 9.84. The molecule has 4 aromatic carbocycles. The highest BCUT2D eigenvalue weighted by Gasteiger charge is 2.44. The molecule has 0 fully saturated rings. The van der Waals surface area contributed by atoms with Gasteiger partial charge in [-0.25, -0.2) is 16.8 Å². The van der Waals surface area contributed by atoms with Crippen molar-refractivity contribution in [3.63, 3.8) is 0 Å². The Labute approximate surface area is 415 Å². The normalized spacial score (nSPS) is 12.9. The van der Waals surface area contributed by atoms with Crippen LogP contribution in [-0.2, 0) is 32.9 Å². The van der Waals surface area contributed by atoms with Crippen molar-refractivity contribution in [2.75, 3.05) is 12.4 Å². The van der Waals surface area contributed by atoms with Gasteiger partial charge in [-0.1, -0.05) is 35.4 Å². The van der Waals surface area contributed by atoms with Crippen molar-refractivity contribution in [2.45, 2.75) is 88.6 Å². The van der Waals surface area contributed by atoms with Gasteiger partial charge in [-0.05, 0) is 124 Å². The number of benzene rings is 4. The van der Waals surface area contributed by atoms with Crippen molar-refractivity contribution in [3.05, 3.63) is 118 Å². The molecule has 6 aromatic rings. The molecule has 5 N–H and O–H groups in total. The van der Waals surface area contributed by atoms with Crippen LogP contribution in [0.15, 0.2) is 82.8 Å². The number of aromatic hydroxyl groups is 1. The van der Waals surface area contributed by atoms with Crippen LogP contribution in [0.5, 0.6) is 11.5 Å². The van der Waals surface area contributed by atoms with Crippen LogP contribution in [0.4, 0.5) is 26.3 Å². The van der Waals surface area contributed by atoms with Gasteiger partial charge in [-0.3, -0.25) is 0 Å². The highest BCUT2D eigenvalue weighted by atomic mass is 79.9. The minimum Gasteiger partial charge on any atom is -0.508 e. The Hall–Kier alpha value is -2.96. The van der Waals surface area contributed by atoms with Crippen LogP contribution in [0.2, 0.25) is 0 Å². The Morgan fingerprint density at radius 3 is 1.32 bits per heavy atom. The largest absolute Gasteiger partial charge is 0.508 e. The van der Waals surface area contributed by atoms with E-state index in [-0.39, 0.29) is 29.6 Å². The summed E-state index contributed by atoms with van der Waals surface area (Å²) in [5.74, 6) is 0.409. The minimum absolute atomic E-state index is 0.0894. The van der Waals surface area contributed by atoms with Gasteiger partial charge in [-0.2, -0.15) is 35.8 Å². The third-order valence-corrected chi connectivity index (χ3v) is 13.3. The van der Waals surface area contributed by atoms with Crippen LogP contribution in [0.25, 0.3) is 21.8 Å². The lowest BCUT2D eigenvalue weighted by Crippen LogP contribution is -2.47. The molecule has 0 amide bonds. The summed E-state index contributed by atoms with van der Waals surface area (Å²) >= 11 is 18.8. The van der Waals surface area contributed by atoms with E-state index in [9.17, 15) is 48.3 Å². The van der Waals surface area contributed by atoms with Gasteiger partial charge in [0.2, 0.25) is 20.0 Å². The smallest absolute Gasteiger partial charge is 0.405 e. The number of nitrogens with one attached hydrogen (secondary N) is 4. The fraction of sp³-hybridized carbons (Fsp3) is 0.333. The van der Waals surface area contributed by atoms with Gasteiger partial charge in [0.25, 0.3) is 0 Å². The van der Waals surface area contributed by atoms with Crippen LogP contribution in [0.1, 0.15) is 44.5 Å². The lowest BCUT2D eigenvalue weighted by atomic mass is 10.1. The summed E-state index contributed by atoms with van der Waals surface area (Å²) in [6.07, 6.45) is -7.91. The molecule has 24 heteroatoms. The van der Waals surface area contributed by atoms with Gasteiger partial charge in [0.1, 0.15) is 23.6 Å². The van der Waals surface area contributed by atoms with Crippen molar-refractivity contribution in [2.24, 2.45) is 0 Å². The molecule has 0 bridgehead atoms. The summed E-state index contributed by atoms with van der Waals surface area (Å²) in [4.78, 5) is 5.48. The first-order valence-corrected chi connectivity index (χ1v) is 26.0. The van der Waals surface area contributed by atoms with Crippen LogP contribution in [0, 0.1) is 41.5 Å². The molecule has 10 nitrogen and oxygen atoms in total. The summed E-state index contributed by atoms with van der Waals surface area (Å²) < 4.78 is 143. The maximum absolute atomic E-state index is 13.8. The highest BCUT2D eigenvalue weighted by Crippen LogP contribution is 2.33. The van der Waals surface area contributed by atoms with Crippen molar-refractivity contribution in [1.29, 1.82) is 0 Å². The average Bonchev–Trinajstić information content (AvgIpc) is 3.75. The SMILES string of the molecule is BrB(Br)Br.COc1ccc2[nH]cc(CC(NS(=O)(=O)c3c(C)cc(C)cc3C)C(F)(F)F)c2c1.Cc1cc(C)c(S(=O)(=O)NC(Cc2c[nH]c3ccc(O)cc23)C(F)(F)F)c(C)c1.ClCCl. The quantitative estimate of drug-likeness (QED) is 0.0495. The van der Waals surface area contributed by atoms with E-state index in [0.717, 1.165) is 11.1 Å². The third kappa shape index (κ3) is 16.1. The molecule has 0 saturated heterocycles. The predicted molar refractivity (Wildman–Crippen MR) is 263 cm³/mol. The maximum atomic E-state index is 13.8. The maximum Gasteiger partial charge on any atom is 0.405 e. The molecule has 2 heterocycles. The van der Waals surface area contributed by atoms with Crippen LogP contribution in [-0.4, -0.2) is 72.0 Å². The molecule has 0 aliphatic rings. The van der Waals surface area contributed by atoms with E-state index in [2.05, 4.69) is 57.2 Å². The Balaban J connectivity index is 0.000000307. The number of phenols is 1. The topological polar surface area (TPSA) is 153 Å². The Morgan fingerprint density at radius 2 is 0.985 bits per heavy atom. The van der Waals surface area contributed by atoms with Gasteiger partial charge in [0, 0.05) is 34.2 Å². The molecule has 6 rings (SSSR count). The first kappa shape index (κ1) is 57.4. The second-order valence-corrected chi connectivity index (χ2v) is 25.5. The number of aromatic nitrogens is 2. The predicted octanol–water partition coefficient (Wildman–Crippen LogP) is 12.4. The molecule has 362 valence electrons. The Bertz CT molecular complexity index is 2780. The second kappa shape index (κ2) is 24.1. The van der Waals surface area contributed by atoms with Gasteiger partial charge < -0.3 is 19.8 Å². The van der Waals surface area contributed by atoms with Gasteiger partial charge in [-0.15, -0.1) is 70.5 Å². The average molecular weight is 1200 g/mol. The van der Waals surface area contributed by atoms with Crippen LogP contribution < -0.4 is 14.2 Å². The van der Waals surface area contributed by atoms with Crippen molar-refractivity contribution >= 4 is 116 Å². The number of aryl methyl sites for hydroxylation is 6. The van der Waals surface area contributed by atoms with E-state index in [1.54, 1.807) is 90.1 Å². The molecule has 2 unspecified atom stereocenters. The number of alkyl halides is 8. The fourth-order valence-corrected chi connectivity index (χ4v) is 10.7. The zero-order chi connectivity index (χ0) is 50.1. The van der Waals surface area contributed by atoms with Crippen molar-refractivity contribution in [3.8, 4) is 11.5 Å². The number of phenolic OH excluding ortho intramolecular Hbond substituents is 1. The summed E-state index contributed by atoms with van der Waals surface area (Å²) in [5, 5.41) is 10.8. The number of hydrogen-bond acceptors (Lipinski definition) is 6. The standard InChI is InChI=1S/C21H23F3N2O3S.C20H21F3N2O3S.CH2Cl2.BBr3/c1-12-7-13(2)20(14(3)8-12)30(27,28)26-19(21(22,23)24)9-15-11-25-18-6-5-16(29-4)10-17(15)18;1-11-6-12(2)19(13(3)7-11)29(27,28)25-18(20(21,22)23)8-14-10-24-17-5-4-15(26)9-16(14)17;2-1-3;2-1(3)4/h5-8,10-11,19,25-26H,9H2,1-4H3;4-7,9-10,18,24-26H,8H2,1-3H3;1H2;. The number of aromatic amines is 2. The Morgan fingerprint density at radius 1 is 0.652 bits per heavy atom. The molecular weight excluding hydrogens is 1160 g/mol. The number of rotatable bonds is 11. The molecule has 0 aliphatic heterocycles. The number of sulfonamides is 2. The van der Waals surface area contributed by atoms with E-state index in [1.165, 1.54) is 31.6 Å². The molecule has 66 heavy (non-hydrogen) atoms. The van der Waals surface area contributed by atoms with Crippen LogP contribution in [0.3, 0.4) is 0 Å². The van der Waals surface area contributed by atoms with Crippen molar-refractivity contribution in [1.82, 2.24) is 19.4 Å². The number of halogens is 11. The fourth-order valence-electron chi connectivity index (χ4n) is 7.35. The third-order valence-electron chi connectivity index (χ3n) is 9.71. The molecular formula is C42H46BBr3Cl2F6N4O6S2. The van der Waals surface area contributed by atoms with E-state index < -0.39 is 57.3 Å². The number of methoxy groups -OCH3 is 1. The molecule has 0 saturated carbocycles. The molecule has 0 spiro atoms. The molecule has 2 aromatic heterocycles.